The van der Waals surface area contributed by atoms with Gasteiger partial charge in [-0.25, -0.2) is 4.98 Å². The van der Waals surface area contributed by atoms with Gasteiger partial charge >= 0.3 is 0 Å². The Hall–Kier alpha value is -2.84. The molecule has 1 aromatic carbocycles. The average Bonchev–Trinajstić information content (AvgIpc) is 2.58. The second-order valence-corrected chi connectivity index (χ2v) is 5.01. The van der Waals surface area contributed by atoms with E-state index in [2.05, 4.69) is 15.6 Å². The summed E-state index contributed by atoms with van der Waals surface area (Å²) in [5.41, 5.74) is 1.62. The first-order valence-electron chi connectivity index (χ1n) is 7.00. The normalized spacial score (nSPS) is 10.7. The molecule has 2 N–H and O–H groups in total. The highest BCUT2D eigenvalue weighted by Crippen LogP contribution is 2.17. The maximum Gasteiger partial charge on any atom is 0.263 e. The average molecular weight is 327 g/mol. The van der Waals surface area contributed by atoms with E-state index in [9.17, 15) is 4.79 Å². The topological polar surface area (TPSA) is 77.8 Å². The highest BCUT2D eigenvalue weighted by atomic mass is 35.5. The van der Waals surface area contributed by atoms with E-state index in [0.717, 1.165) is 5.56 Å². The molecule has 0 aliphatic heterocycles. The van der Waals surface area contributed by atoms with E-state index in [4.69, 9.17) is 16.9 Å². The molecule has 23 heavy (non-hydrogen) atoms. The number of halogens is 1. The number of nitrogens with one attached hydrogen (secondary N) is 2. The second kappa shape index (κ2) is 8.57. The van der Waals surface area contributed by atoms with Crippen LogP contribution in [0.5, 0.6) is 0 Å². The molecule has 2 rings (SSSR count). The number of pyridine rings is 1. The van der Waals surface area contributed by atoms with Gasteiger partial charge in [0.15, 0.2) is 5.15 Å². The summed E-state index contributed by atoms with van der Waals surface area (Å²) < 4.78 is 0. The molecule has 0 aliphatic rings. The summed E-state index contributed by atoms with van der Waals surface area (Å²) in [6, 6.07) is 15.1. The van der Waals surface area contributed by atoms with Crippen molar-refractivity contribution >= 4 is 23.2 Å². The number of rotatable bonds is 6. The number of carbonyl (C=O) groups excluding carboxylic acids is 1. The molecule has 5 nitrogen and oxygen atoms in total. The minimum atomic E-state index is -0.434. The predicted molar refractivity (Wildman–Crippen MR) is 89.7 cm³/mol. The van der Waals surface area contributed by atoms with E-state index < -0.39 is 5.91 Å². The van der Waals surface area contributed by atoms with Gasteiger partial charge in [-0.2, -0.15) is 5.26 Å². The molecule has 6 heteroatoms. The first kappa shape index (κ1) is 16.5. The lowest BCUT2D eigenvalue weighted by molar-refractivity contribution is -0.117. The molecule has 0 fully saturated rings. The molecule has 116 valence electrons. The maximum atomic E-state index is 12.0. The van der Waals surface area contributed by atoms with Crippen molar-refractivity contribution in [2.24, 2.45) is 0 Å². The number of benzene rings is 1. The summed E-state index contributed by atoms with van der Waals surface area (Å²) in [5, 5.41) is 14.9. The number of hydrogen-bond acceptors (Lipinski definition) is 4. The lowest BCUT2D eigenvalue weighted by atomic mass is 10.1. The largest absolute Gasteiger partial charge is 0.358 e. The Labute approximate surface area is 139 Å². The monoisotopic (exact) mass is 326 g/mol. The van der Waals surface area contributed by atoms with E-state index in [1.54, 1.807) is 18.3 Å². The van der Waals surface area contributed by atoms with Gasteiger partial charge in [-0.3, -0.25) is 4.79 Å². The van der Waals surface area contributed by atoms with Gasteiger partial charge in [0.1, 0.15) is 11.6 Å². The van der Waals surface area contributed by atoms with Crippen LogP contribution >= 0.6 is 11.6 Å². The van der Waals surface area contributed by atoms with E-state index in [0.29, 0.717) is 18.7 Å². The SMILES string of the molecule is N#C/C(=C/Nc1cccnc1Cl)C(=O)NCCc1ccccc1. The summed E-state index contributed by atoms with van der Waals surface area (Å²) in [6.07, 6.45) is 3.58. The van der Waals surface area contributed by atoms with Crippen LogP contribution < -0.4 is 10.6 Å². The number of nitrogens with zero attached hydrogens (tertiary/aromatic N) is 2. The maximum absolute atomic E-state index is 12.0. The van der Waals surface area contributed by atoms with Crippen LogP contribution in [0.4, 0.5) is 5.69 Å². The van der Waals surface area contributed by atoms with Crippen LogP contribution in [0.15, 0.2) is 60.4 Å². The molecular formula is C17H15ClN4O. The smallest absolute Gasteiger partial charge is 0.263 e. The third-order valence-corrected chi connectivity index (χ3v) is 3.34. The van der Waals surface area contributed by atoms with Crippen LogP contribution in [0.1, 0.15) is 5.56 Å². The number of carbonyl (C=O) groups is 1. The van der Waals surface area contributed by atoms with Gasteiger partial charge in [0.2, 0.25) is 0 Å². The number of anilines is 1. The number of aromatic nitrogens is 1. The van der Waals surface area contributed by atoms with Crippen molar-refractivity contribution in [2.75, 3.05) is 11.9 Å². The van der Waals surface area contributed by atoms with Crippen molar-refractivity contribution < 1.29 is 4.79 Å². The fourth-order valence-electron chi connectivity index (χ4n) is 1.85. The Morgan fingerprint density at radius 1 is 1.26 bits per heavy atom. The molecule has 1 amide bonds. The van der Waals surface area contributed by atoms with E-state index in [1.165, 1.54) is 6.20 Å². The zero-order chi connectivity index (χ0) is 16.5. The second-order valence-electron chi connectivity index (χ2n) is 4.65. The Balaban J connectivity index is 1.90. The molecule has 0 atom stereocenters. The van der Waals surface area contributed by atoms with Crippen molar-refractivity contribution in [3.8, 4) is 6.07 Å². The zero-order valence-electron chi connectivity index (χ0n) is 12.3. The third-order valence-electron chi connectivity index (χ3n) is 3.04. The number of amides is 1. The first-order valence-corrected chi connectivity index (χ1v) is 7.38. The highest BCUT2D eigenvalue weighted by molar-refractivity contribution is 6.32. The van der Waals surface area contributed by atoms with Crippen LogP contribution in [0, 0.1) is 11.3 Å². The fourth-order valence-corrected chi connectivity index (χ4v) is 2.03. The minimum Gasteiger partial charge on any atom is -0.358 e. The standard InChI is InChI=1S/C17H15ClN4O/c18-16-15(7-4-9-20-16)22-12-14(11-19)17(23)21-10-8-13-5-2-1-3-6-13/h1-7,9,12,22H,8,10H2,(H,21,23)/b14-12-. The van der Waals surface area contributed by atoms with Crippen LogP contribution in [0.2, 0.25) is 5.15 Å². The molecule has 0 aliphatic carbocycles. The molecular weight excluding hydrogens is 312 g/mol. The Morgan fingerprint density at radius 2 is 2.04 bits per heavy atom. The van der Waals surface area contributed by atoms with Gasteiger partial charge in [0, 0.05) is 18.9 Å². The van der Waals surface area contributed by atoms with E-state index >= 15 is 0 Å². The van der Waals surface area contributed by atoms with Crippen molar-refractivity contribution in [1.29, 1.82) is 5.26 Å². The summed E-state index contributed by atoms with van der Waals surface area (Å²) >= 11 is 5.90. The van der Waals surface area contributed by atoms with Gasteiger partial charge in [0.05, 0.1) is 5.69 Å². The molecule has 0 saturated heterocycles. The van der Waals surface area contributed by atoms with E-state index in [1.807, 2.05) is 36.4 Å². The van der Waals surface area contributed by atoms with Gasteiger partial charge in [-0.15, -0.1) is 0 Å². The summed E-state index contributed by atoms with van der Waals surface area (Å²) in [7, 11) is 0. The van der Waals surface area contributed by atoms with E-state index in [-0.39, 0.29) is 10.7 Å². The van der Waals surface area contributed by atoms with Gasteiger partial charge in [0.25, 0.3) is 5.91 Å². The van der Waals surface area contributed by atoms with Crippen molar-refractivity contribution in [2.45, 2.75) is 6.42 Å². The summed E-state index contributed by atoms with van der Waals surface area (Å²) in [4.78, 5) is 15.9. The minimum absolute atomic E-state index is 0.0296. The van der Waals surface area contributed by atoms with Crippen LogP contribution in [0.3, 0.4) is 0 Å². The zero-order valence-corrected chi connectivity index (χ0v) is 13.0. The van der Waals surface area contributed by atoms with Gasteiger partial charge in [-0.1, -0.05) is 41.9 Å². The molecule has 0 spiro atoms. The number of hydrogen-bond donors (Lipinski definition) is 2. The summed E-state index contributed by atoms with van der Waals surface area (Å²) in [5.74, 6) is -0.434. The third kappa shape index (κ3) is 5.13. The van der Waals surface area contributed by atoms with Crippen molar-refractivity contribution in [3.05, 3.63) is 71.2 Å². The first-order chi connectivity index (χ1) is 11.2. The van der Waals surface area contributed by atoms with Crippen LogP contribution in [0.25, 0.3) is 0 Å². The molecule has 0 saturated carbocycles. The molecule has 2 aromatic rings. The van der Waals surface area contributed by atoms with Crippen molar-refractivity contribution in [3.63, 3.8) is 0 Å². The number of nitriles is 1. The highest BCUT2D eigenvalue weighted by Gasteiger charge is 2.08. The van der Waals surface area contributed by atoms with Crippen molar-refractivity contribution in [1.82, 2.24) is 10.3 Å². The molecule has 1 aromatic heterocycles. The van der Waals surface area contributed by atoms with Gasteiger partial charge < -0.3 is 10.6 Å². The Bertz CT molecular complexity index is 738. The fraction of sp³-hybridized carbons (Fsp3) is 0.118. The summed E-state index contributed by atoms with van der Waals surface area (Å²) in [6.45, 7) is 0.454. The molecule has 0 unspecified atom stereocenters. The quantitative estimate of drug-likeness (QED) is 0.486. The van der Waals surface area contributed by atoms with Crippen LogP contribution in [-0.4, -0.2) is 17.4 Å². The molecule has 0 radical (unpaired) electrons. The Kier molecular flexibility index (Phi) is 6.16. The lowest BCUT2D eigenvalue weighted by Gasteiger charge is -2.06. The molecule has 1 heterocycles. The van der Waals surface area contributed by atoms with Gasteiger partial charge in [-0.05, 0) is 24.1 Å². The molecule has 0 bridgehead atoms. The Morgan fingerprint density at radius 3 is 2.74 bits per heavy atom. The predicted octanol–water partition coefficient (Wildman–Crippen LogP) is 2.91. The lowest BCUT2D eigenvalue weighted by Crippen LogP contribution is -2.27. The van der Waals surface area contributed by atoms with Crippen LogP contribution in [-0.2, 0) is 11.2 Å².